The Balaban J connectivity index is 2.47. The first kappa shape index (κ1) is 16.4. The number of hydrogen-bond donors (Lipinski definition) is 1. The fourth-order valence-electron chi connectivity index (χ4n) is 1.91. The van der Waals surface area contributed by atoms with Crippen molar-refractivity contribution in [3.63, 3.8) is 0 Å². The minimum absolute atomic E-state index is 0.124. The fourth-order valence-corrected chi connectivity index (χ4v) is 4.08. The number of rotatable bonds is 5. The second-order valence-electron chi connectivity index (χ2n) is 4.28. The van der Waals surface area contributed by atoms with Gasteiger partial charge in [0.15, 0.2) is 0 Å². The van der Waals surface area contributed by atoms with E-state index in [1.165, 1.54) is 0 Å². The van der Waals surface area contributed by atoms with E-state index in [1.54, 1.807) is 23.5 Å². The Kier molecular flexibility index (Phi) is 6.05. The fraction of sp³-hybridized carbons (Fsp3) is 0.286. The second-order valence-corrected chi connectivity index (χ2v) is 7.32. The molecule has 1 atom stereocenters. The molecule has 0 aliphatic rings. The van der Waals surface area contributed by atoms with Crippen molar-refractivity contribution in [1.29, 1.82) is 0 Å². The van der Waals surface area contributed by atoms with Crippen LogP contribution in [0.4, 0.5) is 4.39 Å². The second kappa shape index (κ2) is 7.36. The molecule has 0 aliphatic heterocycles. The van der Waals surface area contributed by atoms with Crippen molar-refractivity contribution in [2.45, 2.75) is 19.4 Å². The Labute approximate surface area is 143 Å². The molecule has 6 heteroatoms. The Bertz CT molecular complexity index is 603. The standard InChI is InChI=1S/C14H13Br2ClFNS/c1-2-6-19-13(14-10(16)5-7-20-14)8-3-4-9(15)11(17)12(8)18/h3-5,7,13,19H,2,6H2,1H3. The number of thiophene rings is 1. The summed E-state index contributed by atoms with van der Waals surface area (Å²) in [6.45, 7) is 2.89. The molecule has 1 nitrogen and oxygen atoms in total. The summed E-state index contributed by atoms with van der Waals surface area (Å²) < 4.78 is 16.0. The maximum absolute atomic E-state index is 14.5. The molecule has 2 aromatic rings. The van der Waals surface area contributed by atoms with E-state index < -0.39 is 0 Å². The van der Waals surface area contributed by atoms with Crippen molar-refractivity contribution >= 4 is 54.8 Å². The lowest BCUT2D eigenvalue weighted by molar-refractivity contribution is 0.550. The Hall–Kier alpha value is 0.0600. The largest absolute Gasteiger partial charge is 0.305 e. The summed E-state index contributed by atoms with van der Waals surface area (Å²) in [7, 11) is 0. The molecule has 0 fully saturated rings. The van der Waals surface area contributed by atoms with Crippen molar-refractivity contribution in [1.82, 2.24) is 5.32 Å². The summed E-state index contributed by atoms with van der Waals surface area (Å²) in [6, 6.07) is 5.32. The molecular formula is C14H13Br2ClFNS. The highest BCUT2D eigenvalue weighted by atomic mass is 79.9. The third kappa shape index (κ3) is 3.45. The molecule has 108 valence electrons. The average molecular weight is 442 g/mol. The van der Waals surface area contributed by atoms with Gasteiger partial charge in [-0.25, -0.2) is 4.39 Å². The SMILES string of the molecule is CCCNC(c1ccc(Br)c(Cl)c1F)c1sccc1Br. The molecule has 0 spiro atoms. The van der Waals surface area contributed by atoms with Crippen LogP contribution in [0.1, 0.15) is 29.8 Å². The molecule has 1 heterocycles. The number of benzene rings is 1. The molecule has 0 radical (unpaired) electrons. The highest BCUT2D eigenvalue weighted by molar-refractivity contribution is 9.10. The van der Waals surface area contributed by atoms with E-state index in [2.05, 4.69) is 44.1 Å². The molecule has 1 aromatic carbocycles. The van der Waals surface area contributed by atoms with Crippen molar-refractivity contribution in [2.75, 3.05) is 6.54 Å². The quantitative estimate of drug-likeness (QED) is 0.549. The molecule has 1 unspecified atom stereocenters. The minimum Gasteiger partial charge on any atom is -0.305 e. The zero-order valence-corrected chi connectivity index (χ0v) is 15.5. The maximum Gasteiger partial charge on any atom is 0.148 e. The Morgan fingerprint density at radius 3 is 2.65 bits per heavy atom. The molecule has 0 aliphatic carbocycles. The predicted octanol–water partition coefficient (Wildman–Crippen LogP) is 6.15. The van der Waals surface area contributed by atoms with Crippen LogP contribution < -0.4 is 5.32 Å². The Morgan fingerprint density at radius 1 is 1.30 bits per heavy atom. The van der Waals surface area contributed by atoms with Crippen LogP contribution >= 0.6 is 54.8 Å². The first-order valence-electron chi connectivity index (χ1n) is 6.16. The van der Waals surface area contributed by atoms with Crippen LogP contribution in [0.2, 0.25) is 5.02 Å². The van der Waals surface area contributed by atoms with Crippen LogP contribution in [0.3, 0.4) is 0 Å². The van der Waals surface area contributed by atoms with Gasteiger partial charge < -0.3 is 5.32 Å². The summed E-state index contributed by atoms with van der Waals surface area (Å²) in [5.41, 5.74) is 0.565. The summed E-state index contributed by atoms with van der Waals surface area (Å²) in [5, 5.41) is 5.49. The van der Waals surface area contributed by atoms with E-state index in [0.29, 0.717) is 10.0 Å². The van der Waals surface area contributed by atoms with Crippen LogP contribution in [0.5, 0.6) is 0 Å². The van der Waals surface area contributed by atoms with E-state index in [-0.39, 0.29) is 16.9 Å². The summed E-state index contributed by atoms with van der Waals surface area (Å²) >= 11 is 14.4. The van der Waals surface area contributed by atoms with Gasteiger partial charge in [0.1, 0.15) is 5.82 Å². The molecule has 20 heavy (non-hydrogen) atoms. The first-order chi connectivity index (χ1) is 9.56. The van der Waals surface area contributed by atoms with Gasteiger partial charge in [-0.2, -0.15) is 0 Å². The van der Waals surface area contributed by atoms with E-state index >= 15 is 0 Å². The molecular weight excluding hydrogens is 428 g/mol. The van der Waals surface area contributed by atoms with Crippen LogP contribution in [0.25, 0.3) is 0 Å². The van der Waals surface area contributed by atoms with Crippen LogP contribution in [0, 0.1) is 5.82 Å². The molecule has 1 N–H and O–H groups in total. The molecule has 1 aromatic heterocycles. The van der Waals surface area contributed by atoms with E-state index in [9.17, 15) is 4.39 Å². The van der Waals surface area contributed by atoms with Gasteiger partial charge in [-0.3, -0.25) is 0 Å². The average Bonchev–Trinajstić information content (AvgIpc) is 2.85. The Morgan fingerprint density at radius 2 is 2.05 bits per heavy atom. The molecule has 0 saturated carbocycles. The minimum atomic E-state index is -0.380. The molecule has 0 bridgehead atoms. The van der Waals surface area contributed by atoms with E-state index in [0.717, 1.165) is 22.3 Å². The van der Waals surface area contributed by atoms with Crippen LogP contribution in [0.15, 0.2) is 32.5 Å². The van der Waals surface area contributed by atoms with Gasteiger partial charge in [0.25, 0.3) is 0 Å². The zero-order chi connectivity index (χ0) is 14.7. The van der Waals surface area contributed by atoms with Crippen LogP contribution in [-0.4, -0.2) is 6.54 Å². The van der Waals surface area contributed by atoms with Gasteiger partial charge in [0, 0.05) is 19.4 Å². The highest BCUT2D eigenvalue weighted by Gasteiger charge is 2.23. The van der Waals surface area contributed by atoms with Crippen molar-refractivity contribution in [2.24, 2.45) is 0 Å². The lowest BCUT2D eigenvalue weighted by Gasteiger charge is -2.20. The molecule has 0 amide bonds. The number of hydrogen-bond acceptors (Lipinski definition) is 2. The van der Waals surface area contributed by atoms with Gasteiger partial charge >= 0.3 is 0 Å². The number of halogens is 4. The van der Waals surface area contributed by atoms with E-state index in [4.69, 9.17) is 11.6 Å². The number of nitrogens with one attached hydrogen (secondary N) is 1. The summed E-state index contributed by atoms with van der Waals surface area (Å²) in [4.78, 5) is 1.05. The summed E-state index contributed by atoms with van der Waals surface area (Å²) in [5.74, 6) is -0.380. The molecule has 2 rings (SSSR count). The van der Waals surface area contributed by atoms with Crippen molar-refractivity contribution in [3.05, 3.63) is 53.8 Å². The smallest absolute Gasteiger partial charge is 0.148 e. The van der Waals surface area contributed by atoms with Gasteiger partial charge in [-0.15, -0.1) is 11.3 Å². The van der Waals surface area contributed by atoms with Crippen molar-refractivity contribution in [3.8, 4) is 0 Å². The van der Waals surface area contributed by atoms with Gasteiger partial charge in [-0.1, -0.05) is 24.6 Å². The maximum atomic E-state index is 14.5. The topological polar surface area (TPSA) is 12.0 Å². The lowest BCUT2D eigenvalue weighted by atomic mass is 10.0. The third-order valence-electron chi connectivity index (χ3n) is 2.88. The van der Waals surface area contributed by atoms with Gasteiger partial charge in [-0.05, 0) is 62.3 Å². The zero-order valence-electron chi connectivity index (χ0n) is 10.7. The monoisotopic (exact) mass is 439 g/mol. The van der Waals surface area contributed by atoms with E-state index in [1.807, 2.05) is 11.4 Å². The highest BCUT2D eigenvalue weighted by Crippen LogP contribution is 2.37. The van der Waals surface area contributed by atoms with Gasteiger partial charge in [0.05, 0.1) is 11.1 Å². The normalized spacial score (nSPS) is 12.7. The predicted molar refractivity (Wildman–Crippen MR) is 91.3 cm³/mol. The van der Waals surface area contributed by atoms with Gasteiger partial charge in [0.2, 0.25) is 0 Å². The lowest BCUT2D eigenvalue weighted by Crippen LogP contribution is -2.23. The van der Waals surface area contributed by atoms with Crippen molar-refractivity contribution < 1.29 is 4.39 Å². The molecule has 0 saturated heterocycles. The van der Waals surface area contributed by atoms with Crippen LogP contribution in [-0.2, 0) is 0 Å². The summed E-state index contributed by atoms with van der Waals surface area (Å²) in [6.07, 6.45) is 0.978. The first-order valence-corrected chi connectivity index (χ1v) is 9.00. The third-order valence-corrected chi connectivity index (χ3v) is 6.08.